The lowest BCUT2D eigenvalue weighted by atomic mass is 9.99. The van der Waals surface area contributed by atoms with Gasteiger partial charge < -0.3 is 0 Å². The Balaban J connectivity index is 4.17. The SMILES string of the molecule is CC(C)=CCCC(C)C/C=C(C#N)/C=C/C(C)C. The number of hydrogen-bond acceptors (Lipinski definition) is 1. The molecule has 0 aromatic rings. The molecule has 1 unspecified atom stereocenters. The zero-order chi connectivity index (χ0) is 14.0. The van der Waals surface area contributed by atoms with E-state index >= 15 is 0 Å². The van der Waals surface area contributed by atoms with Gasteiger partial charge in [-0.2, -0.15) is 5.26 Å². The van der Waals surface area contributed by atoms with Gasteiger partial charge in [0, 0.05) is 5.57 Å². The molecule has 0 amide bonds. The Hall–Kier alpha value is -1.29. The fourth-order valence-electron chi connectivity index (χ4n) is 1.55. The molecule has 0 bridgehead atoms. The topological polar surface area (TPSA) is 23.8 Å². The highest BCUT2D eigenvalue weighted by Gasteiger charge is 1.99. The minimum atomic E-state index is 0.497. The Kier molecular flexibility index (Phi) is 9.01. The zero-order valence-electron chi connectivity index (χ0n) is 12.5. The van der Waals surface area contributed by atoms with Gasteiger partial charge in [0.1, 0.15) is 0 Å². The van der Waals surface area contributed by atoms with Crippen molar-refractivity contribution in [3.8, 4) is 6.07 Å². The molecule has 0 fully saturated rings. The first-order chi connectivity index (χ1) is 8.45. The third-order valence-electron chi connectivity index (χ3n) is 2.74. The maximum Gasteiger partial charge on any atom is 0.0988 e. The number of nitriles is 1. The highest BCUT2D eigenvalue weighted by Crippen LogP contribution is 2.14. The first-order valence-electron chi connectivity index (χ1n) is 6.87. The quantitative estimate of drug-likeness (QED) is 0.334. The standard InChI is InChI=1S/C17H27N/c1-14(2)7-6-8-16(5)10-12-17(13-18)11-9-15(3)4/h7,9,11-12,15-16H,6,8,10H2,1-5H3/b11-9+,17-12-. The van der Waals surface area contributed by atoms with Gasteiger partial charge in [0.2, 0.25) is 0 Å². The van der Waals surface area contributed by atoms with Crippen LogP contribution in [0.2, 0.25) is 0 Å². The van der Waals surface area contributed by atoms with Crippen LogP contribution in [-0.2, 0) is 0 Å². The van der Waals surface area contributed by atoms with E-state index in [0.29, 0.717) is 11.8 Å². The number of allylic oxidation sites excluding steroid dienone is 6. The van der Waals surface area contributed by atoms with Gasteiger partial charge in [-0.05, 0) is 51.0 Å². The number of rotatable bonds is 7. The fraction of sp³-hybridized carbons (Fsp3) is 0.588. The molecule has 1 heteroatoms. The van der Waals surface area contributed by atoms with Crippen molar-refractivity contribution in [3.63, 3.8) is 0 Å². The van der Waals surface area contributed by atoms with Crippen LogP contribution in [0.15, 0.2) is 35.5 Å². The maximum atomic E-state index is 9.02. The average molecular weight is 245 g/mol. The number of nitrogens with zero attached hydrogens (tertiary/aromatic N) is 1. The van der Waals surface area contributed by atoms with Gasteiger partial charge >= 0.3 is 0 Å². The molecule has 0 aliphatic heterocycles. The Bertz CT molecular complexity index is 346. The largest absolute Gasteiger partial charge is 0.192 e. The minimum Gasteiger partial charge on any atom is -0.192 e. The third kappa shape index (κ3) is 9.90. The van der Waals surface area contributed by atoms with Crippen LogP contribution in [0.5, 0.6) is 0 Å². The van der Waals surface area contributed by atoms with Crippen molar-refractivity contribution >= 4 is 0 Å². The van der Waals surface area contributed by atoms with Crippen molar-refractivity contribution < 1.29 is 0 Å². The van der Waals surface area contributed by atoms with Crippen molar-refractivity contribution in [2.24, 2.45) is 11.8 Å². The fourth-order valence-corrected chi connectivity index (χ4v) is 1.55. The van der Waals surface area contributed by atoms with Crippen molar-refractivity contribution in [2.45, 2.75) is 53.9 Å². The smallest absolute Gasteiger partial charge is 0.0988 e. The van der Waals surface area contributed by atoms with E-state index in [-0.39, 0.29) is 0 Å². The second-order valence-corrected chi connectivity index (χ2v) is 5.57. The summed E-state index contributed by atoms with van der Waals surface area (Å²) in [6.45, 7) is 10.8. The molecule has 0 saturated heterocycles. The molecule has 0 heterocycles. The van der Waals surface area contributed by atoms with E-state index in [1.165, 1.54) is 12.0 Å². The summed E-state index contributed by atoms with van der Waals surface area (Å²) >= 11 is 0. The van der Waals surface area contributed by atoms with Gasteiger partial charge in [0.15, 0.2) is 0 Å². The summed E-state index contributed by atoms with van der Waals surface area (Å²) in [4.78, 5) is 0. The molecule has 100 valence electrons. The summed E-state index contributed by atoms with van der Waals surface area (Å²) in [5, 5.41) is 9.02. The Morgan fingerprint density at radius 1 is 1.17 bits per heavy atom. The van der Waals surface area contributed by atoms with Crippen molar-refractivity contribution in [2.75, 3.05) is 0 Å². The molecule has 1 nitrogen and oxygen atoms in total. The predicted molar refractivity (Wildman–Crippen MR) is 80.1 cm³/mol. The maximum absolute atomic E-state index is 9.02. The predicted octanol–water partition coefficient (Wildman–Crippen LogP) is 5.42. The van der Waals surface area contributed by atoms with Crippen molar-refractivity contribution in [1.29, 1.82) is 5.26 Å². The molecule has 0 aromatic heterocycles. The van der Waals surface area contributed by atoms with E-state index in [1.54, 1.807) is 0 Å². The number of hydrogen-bond donors (Lipinski definition) is 0. The molecule has 0 rings (SSSR count). The normalized spacial score (nSPS) is 13.7. The lowest BCUT2D eigenvalue weighted by Crippen LogP contribution is -1.92. The highest BCUT2D eigenvalue weighted by molar-refractivity contribution is 5.32. The molecule has 0 radical (unpaired) electrons. The second kappa shape index (κ2) is 9.71. The lowest BCUT2D eigenvalue weighted by molar-refractivity contribution is 0.545. The molecule has 0 spiro atoms. The molecule has 0 N–H and O–H groups in total. The van der Waals surface area contributed by atoms with E-state index in [0.717, 1.165) is 18.4 Å². The van der Waals surface area contributed by atoms with E-state index in [4.69, 9.17) is 5.26 Å². The summed E-state index contributed by atoms with van der Waals surface area (Å²) in [6.07, 6.45) is 11.7. The Morgan fingerprint density at radius 2 is 1.83 bits per heavy atom. The Labute approximate surface area is 113 Å². The molecule has 0 saturated carbocycles. The van der Waals surface area contributed by atoms with Crippen LogP contribution in [0.3, 0.4) is 0 Å². The van der Waals surface area contributed by atoms with Crippen molar-refractivity contribution in [3.05, 3.63) is 35.5 Å². The van der Waals surface area contributed by atoms with Gasteiger partial charge in [-0.25, -0.2) is 0 Å². The van der Waals surface area contributed by atoms with Crippen LogP contribution in [-0.4, -0.2) is 0 Å². The highest BCUT2D eigenvalue weighted by atomic mass is 14.2. The van der Waals surface area contributed by atoms with Crippen LogP contribution < -0.4 is 0 Å². The molecule has 18 heavy (non-hydrogen) atoms. The van der Waals surface area contributed by atoms with Gasteiger partial charge in [-0.1, -0.05) is 44.6 Å². The Morgan fingerprint density at radius 3 is 2.33 bits per heavy atom. The monoisotopic (exact) mass is 245 g/mol. The third-order valence-corrected chi connectivity index (χ3v) is 2.74. The van der Waals surface area contributed by atoms with Crippen LogP contribution >= 0.6 is 0 Å². The van der Waals surface area contributed by atoms with Gasteiger partial charge in [-0.15, -0.1) is 0 Å². The first-order valence-corrected chi connectivity index (χ1v) is 6.87. The molecule has 0 aromatic carbocycles. The molecular weight excluding hydrogens is 218 g/mol. The summed E-state index contributed by atoms with van der Waals surface area (Å²) in [5.41, 5.74) is 2.17. The average Bonchev–Trinajstić information content (AvgIpc) is 2.28. The van der Waals surface area contributed by atoms with Crippen LogP contribution in [0.4, 0.5) is 0 Å². The van der Waals surface area contributed by atoms with E-state index in [2.05, 4.69) is 58.9 Å². The molecule has 0 aliphatic carbocycles. The van der Waals surface area contributed by atoms with Gasteiger partial charge in [-0.3, -0.25) is 0 Å². The second-order valence-electron chi connectivity index (χ2n) is 5.57. The van der Waals surface area contributed by atoms with Gasteiger partial charge in [0.25, 0.3) is 0 Å². The van der Waals surface area contributed by atoms with Crippen molar-refractivity contribution in [1.82, 2.24) is 0 Å². The van der Waals surface area contributed by atoms with Crippen LogP contribution in [0.1, 0.15) is 53.9 Å². The zero-order valence-corrected chi connectivity index (χ0v) is 12.5. The molecule has 0 aliphatic rings. The lowest BCUT2D eigenvalue weighted by Gasteiger charge is -2.06. The van der Waals surface area contributed by atoms with E-state index < -0.39 is 0 Å². The summed E-state index contributed by atoms with van der Waals surface area (Å²) in [6, 6.07) is 2.25. The molecular formula is C17H27N. The van der Waals surface area contributed by atoms with Crippen LogP contribution in [0.25, 0.3) is 0 Å². The van der Waals surface area contributed by atoms with E-state index in [1.807, 2.05) is 6.08 Å². The molecule has 1 atom stereocenters. The van der Waals surface area contributed by atoms with E-state index in [9.17, 15) is 0 Å². The minimum absolute atomic E-state index is 0.497. The van der Waals surface area contributed by atoms with Crippen LogP contribution in [0, 0.1) is 23.2 Å². The first kappa shape index (κ1) is 16.7. The summed E-state index contributed by atoms with van der Waals surface area (Å²) < 4.78 is 0. The van der Waals surface area contributed by atoms with Gasteiger partial charge in [0.05, 0.1) is 6.07 Å². The summed E-state index contributed by atoms with van der Waals surface area (Å²) in [7, 11) is 0. The summed E-state index contributed by atoms with van der Waals surface area (Å²) in [5.74, 6) is 1.13.